The molecule has 0 radical (unpaired) electrons. The number of carbonyl (C=O) groups excluding carboxylic acids is 1. The van der Waals surface area contributed by atoms with E-state index in [9.17, 15) is 4.79 Å². The molecule has 1 aromatic carbocycles. The molecule has 3 rings (SSSR count). The molecule has 0 aliphatic rings. The van der Waals surface area contributed by atoms with Crippen molar-refractivity contribution in [1.29, 1.82) is 5.41 Å². The highest BCUT2D eigenvalue weighted by atomic mass is 79.9. The van der Waals surface area contributed by atoms with Crippen molar-refractivity contribution in [3.63, 3.8) is 0 Å². The summed E-state index contributed by atoms with van der Waals surface area (Å²) in [5.41, 5.74) is 2.16. The standard InChI is InChI=1S/C16H15N3OS.BrH/c1-2-9-18-12-6-3-4-7-13(12)19(16(18)17)11-14(20)15-8-5-10-21-15;/h2-8,10,17H,1,9,11H2;1H. The molecule has 6 heteroatoms. The normalized spacial score (nSPS) is 10.4. The molecule has 0 amide bonds. The highest BCUT2D eigenvalue weighted by Gasteiger charge is 2.14. The molecule has 0 spiro atoms. The van der Waals surface area contributed by atoms with Gasteiger partial charge in [-0.15, -0.1) is 34.9 Å². The van der Waals surface area contributed by atoms with Crippen molar-refractivity contribution in [3.8, 4) is 0 Å². The second-order valence-electron chi connectivity index (χ2n) is 4.70. The van der Waals surface area contributed by atoms with E-state index in [1.165, 1.54) is 11.3 Å². The average Bonchev–Trinajstić information content (AvgIpc) is 3.11. The summed E-state index contributed by atoms with van der Waals surface area (Å²) in [7, 11) is 0. The number of para-hydroxylation sites is 2. The van der Waals surface area contributed by atoms with Crippen molar-refractivity contribution in [3.05, 3.63) is 64.9 Å². The van der Waals surface area contributed by atoms with Gasteiger partial charge in [-0.1, -0.05) is 24.3 Å². The molecular weight excluding hydrogens is 362 g/mol. The predicted octanol–water partition coefficient (Wildman–Crippen LogP) is 3.63. The van der Waals surface area contributed by atoms with Gasteiger partial charge < -0.3 is 9.13 Å². The van der Waals surface area contributed by atoms with Crippen LogP contribution in [0.1, 0.15) is 9.67 Å². The minimum absolute atomic E-state index is 0. The monoisotopic (exact) mass is 377 g/mol. The fourth-order valence-electron chi connectivity index (χ4n) is 2.43. The Labute approximate surface area is 142 Å². The molecule has 22 heavy (non-hydrogen) atoms. The maximum Gasteiger partial charge on any atom is 0.203 e. The molecule has 0 bridgehead atoms. The summed E-state index contributed by atoms with van der Waals surface area (Å²) in [5, 5.41) is 10.2. The number of nitrogens with one attached hydrogen (secondary N) is 1. The van der Waals surface area contributed by atoms with E-state index in [-0.39, 0.29) is 29.3 Å². The molecule has 0 saturated heterocycles. The number of hydrogen-bond donors (Lipinski definition) is 1. The van der Waals surface area contributed by atoms with Gasteiger partial charge in [0.25, 0.3) is 0 Å². The van der Waals surface area contributed by atoms with Crippen LogP contribution in [0, 0.1) is 5.41 Å². The van der Waals surface area contributed by atoms with E-state index >= 15 is 0 Å². The van der Waals surface area contributed by atoms with Gasteiger partial charge in [0, 0.05) is 6.54 Å². The summed E-state index contributed by atoms with van der Waals surface area (Å²) in [4.78, 5) is 13.0. The van der Waals surface area contributed by atoms with E-state index in [1.54, 1.807) is 10.6 Å². The van der Waals surface area contributed by atoms with Crippen molar-refractivity contribution in [2.75, 3.05) is 0 Å². The Morgan fingerprint density at radius 3 is 2.45 bits per heavy atom. The van der Waals surface area contributed by atoms with E-state index in [0.29, 0.717) is 12.2 Å². The summed E-state index contributed by atoms with van der Waals surface area (Å²) in [6.45, 7) is 4.48. The van der Waals surface area contributed by atoms with E-state index in [1.807, 2.05) is 46.3 Å². The summed E-state index contributed by atoms with van der Waals surface area (Å²) >= 11 is 1.43. The number of imidazole rings is 1. The van der Waals surface area contributed by atoms with Crippen LogP contribution in [0.25, 0.3) is 11.0 Å². The minimum atomic E-state index is 0. The number of carbonyl (C=O) groups is 1. The maximum atomic E-state index is 12.3. The lowest BCUT2D eigenvalue weighted by Gasteiger charge is -2.02. The van der Waals surface area contributed by atoms with Gasteiger partial charge in [0.05, 0.1) is 22.5 Å². The van der Waals surface area contributed by atoms with Crippen LogP contribution in [0.2, 0.25) is 0 Å². The maximum absolute atomic E-state index is 12.3. The van der Waals surface area contributed by atoms with Gasteiger partial charge in [-0.2, -0.15) is 0 Å². The number of allylic oxidation sites excluding steroid dienone is 1. The molecule has 0 fully saturated rings. The van der Waals surface area contributed by atoms with E-state index in [2.05, 4.69) is 6.58 Å². The summed E-state index contributed by atoms with van der Waals surface area (Å²) < 4.78 is 3.60. The van der Waals surface area contributed by atoms with E-state index < -0.39 is 0 Å². The van der Waals surface area contributed by atoms with Crippen LogP contribution < -0.4 is 5.62 Å². The lowest BCUT2D eigenvalue weighted by Crippen LogP contribution is -2.26. The van der Waals surface area contributed by atoms with Crippen LogP contribution in [-0.4, -0.2) is 14.9 Å². The third-order valence-corrected chi connectivity index (χ3v) is 4.29. The fourth-order valence-corrected chi connectivity index (χ4v) is 3.08. The van der Waals surface area contributed by atoms with Crippen LogP contribution in [-0.2, 0) is 13.1 Å². The second kappa shape index (κ2) is 6.89. The number of halogens is 1. The molecule has 0 unspecified atom stereocenters. The van der Waals surface area contributed by atoms with Crippen LogP contribution in [0.4, 0.5) is 0 Å². The van der Waals surface area contributed by atoms with Gasteiger partial charge >= 0.3 is 0 Å². The van der Waals surface area contributed by atoms with Gasteiger partial charge in [-0.05, 0) is 23.6 Å². The summed E-state index contributed by atoms with van der Waals surface area (Å²) in [5.74, 6) is 0.0324. The quantitative estimate of drug-likeness (QED) is 0.535. The molecule has 3 aromatic rings. The van der Waals surface area contributed by atoms with Gasteiger partial charge in [0.15, 0.2) is 5.78 Å². The minimum Gasteiger partial charge on any atom is -0.307 e. The Kier molecular flexibility index (Phi) is 5.15. The van der Waals surface area contributed by atoms with Crippen LogP contribution >= 0.6 is 28.3 Å². The number of benzene rings is 1. The molecule has 0 aliphatic carbocycles. The molecule has 4 nitrogen and oxygen atoms in total. The topological polar surface area (TPSA) is 50.8 Å². The van der Waals surface area contributed by atoms with E-state index in [4.69, 9.17) is 5.41 Å². The third-order valence-electron chi connectivity index (χ3n) is 3.38. The number of thiophene rings is 1. The SMILES string of the molecule is Br.C=CCn1c(=N)n(CC(=O)c2cccs2)c2ccccc21. The molecule has 114 valence electrons. The van der Waals surface area contributed by atoms with Gasteiger partial charge in [-0.3, -0.25) is 10.2 Å². The number of aromatic nitrogens is 2. The zero-order valence-electron chi connectivity index (χ0n) is 11.9. The lowest BCUT2D eigenvalue weighted by atomic mass is 10.3. The highest BCUT2D eigenvalue weighted by Crippen LogP contribution is 2.15. The van der Waals surface area contributed by atoms with Crippen LogP contribution in [0.3, 0.4) is 0 Å². The van der Waals surface area contributed by atoms with Crippen molar-refractivity contribution < 1.29 is 4.79 Å². The number of Topliss-reactive ketones (excluding diaryl/α,β-unsaturated/α-hetero) is 1. The molecule has 2 heterocycles. The first-order chi connectivity index (χ1) is 10.2. The first-order valence-corrected chi connectivity index (χ1v) is 7.50. The highest BCUT2D eigenvalue weighted by molar-refractivity contribution is 8.93. The third kappa shape index (κ3) is 2.84. The zero-order chi connectivity index (χ0) is 14.8. The largest absolute Gasteiger partial charge is 0.307 e. The fraction of sp³-hybridized carbons (Fsp3) is 0.125. The van der Waals surface area contributed by atoms with Crippen molar-refractivity contribution in [2.45, 2.75) is 13.1 Å². The first-order valence-electron chi connectivity index (χ1n) is 6.62. The summed E-state index contributed by atoms with van der Waals surface area (Å²) in [6.07, 6.45) is 1.76. The number of fused-ring (bicyclic) bond motifs is 1. The molecule has 0 atom stereocenters. The molecule has 0 saturated carbocycles. The van der Waals surface area contributed by atoms with Gasteiger partial charge in [0.1, 0.15) is 0 Å². The Morgan fingerprint density at radius 2 is 1.86 bits per heavy atom. The molecule has 2 aromatic heterocycles. The lowest BCUT2D eigenvalue weighted by molar-refractivity contribution is 0.0975. The molecule has 1 N–H and O–H groups in total. The average molecular weight is 378 g/mol. The Morgan fingerprint density at radius 1 is 1.18 bits per heavy atom. The second-order valence-corrected chi connectivity index (χ2v) is 5.65. The molecular formula is C16H16BrN3OS. The van der Waals surface area contributed by atoms with Gasteiger partial charge in [-0.25, -0.2) is 0 Å². The predicted molar refractivity (Wildman–Crippen MR) is 95.0 cm³/mol. The van der Waals surface area contributed by atoms with Gasteiger partial charge in [0.2, 0.25) is 5.62 Å². The van der Waals surface area contributed by atoms with Crippen molar-refractivity contribution >= 4 is 45.1 Å². The smallest absolute Gasteiger partial charge is 0.203 e. The Hall–Kier alpha value is -1.92. The number of rotatable bonds is 5. The van der Waals surface area contributed by atoms with Crippen molar-refractivity contribution in [1.82, 2.24) is 9.13 Å². The molecule has 0 aliphatic heterocycles. The van der Waals surface area contributed by atoms with E-state index in [0.717, 1.165) is 15.9 Å². The van der Waals surface area contributed by atoms with Crippen LogP contribution in [0.5, 0.6) is 0 Å². The summed E-state index contributed by atoms with van der Waals surface area (Å²) in [6, 6.07) is 11.4. The number of ketones is 1. The first kappa shape index (κ1) is 16.5. The zero-order valence-corrected chi connectivity index (χ0v) is 14.4. The van der Waals surface area contributed by atoms with Crippen LogP contribution in [0.15, 0.2) is 54.4 Å². The number of hydrogen-bond acceptors (Lipinski definition) is 3. The Balaban J connectivity index is 0.00000176. The number of nitrogens with zero attached hydrogens (tertiary/aromatic N) is 2. The Bertz CT molecular complexity index is 861. The van der Waals surface area contributed by atoms with Crippen molar-refractivity contribution in [2.24, 2.45) is 0 Å².